The van der Waals surface area contributed by atoms with Crippen molar-refractivity contribution in [1.82, 2.24) is 9.55 Å². The molecule has 2 heterocycles. The predicted octanol–water partition coefficient (Wildman–Crippen LogP) is 9.12. The summed E-state index contributed by atoms with van der Waals surface area (Å²) in [5, 5.41) is 5.68. The first-order valence-corrected chi connectivity index (χ1v) is 16.9. The third-order valence-electron chi connectivity index (χ3n) is 7.60. The summed E-state index contributed by atoms with van der Waals surface area (Å²) in [4.78, 5) is 4.84. The molecule has 0 saturated heterocycles. The number of hydrogen-bond donors (Lipinski definition) is 0. The van der Waals surface area contributed by atoms with Crippen molar-refractivity contribution in [2.75, 3.05) is 0 Å². The molecule has 2 nitrogen and oxygen atoms in total. The van der Waals surface area contributed by atoms with E-state index in [1.807, 2.05) is 49.7 Å². The number of rotatable bonds is 3. The summed E-state index contributed by atoms with van der Waals surface area (Å²) in [5.74, 6) is -1.08. The summed E-state index contributed by atoms with van der Waals surface area (Å²) in [6.45, 7) is 12.5. The molecule has 0 atom stereocenters. The molecule has 0 bridgehead atoms. The summed E-state index contributed by atoms with van der Waals surface area (Å²) in [6.07, 6.45) is 1.84. The summed E-state index contributed by atoms with van der Waals surface area (Å²) >= 11 is 0. The van der Waals surface area contributed by atoms with E-state index in [1.165, 1.54) is 17.3 Å². The van der Waals surface area contributed by atoms with E-state index < -0.39 is 25.1 Å². The van der Waals surface area contributed by atoms with Crippen LogP contribution in [0.5, 0.6) is 0 Å². The van der Waals surface area contributed by atoms with Gasteiger partial charge >= 0.3 is 0 Å². The van der Waals surface area contributed by atoms with E-state index in [4.69, 9.17) is 4.98 Å². The first kappa shape index (κ1) is 25.4. The zero-order chi connectivity index (χ0) is 27.7. The molecule has 39 heavy (non-hydrogen) atoms. The van der Waals surface area contributed by atoms with Crippen LogP contribution in [0.2, 0.25) is 19.6 Å². The third-order valence-corrected chi connectivity index (χ3v) is 9.64. The van der Waals surface area contributed by atoms with Crippen LogP contribution in [0.3, 0.4) is 0 Å². The molecule has 196 valence electrons. The first-order valence-electron chi connectivity index (χ1n) is 13.4. The Morgan fingerprint density at radius 3 is 2.10 bits per heavy atom. The second-order valence-electron chi connectivity index (χ2n) is 12.5. The Bertz CT molecular complexity index is 1880. The van der Waals surface area contributed by atoms with Crippen molar-refractivity contribution in [3.8, 4) is 16.9 Å². The lowest BCUT2D eigenvalue weighted by Gasteiger charge is -2.22. The molecule has 5 heteroatoms. The van der Waals surface area contributed by atoms with Crippen molar-refractivity contribution in [1.29, 1.82) is 0 Å². The maximum absolute atomic E-state index is 15.6. The van der Waals surface area contributed by atoms with Gasteiger partial charge in [0.2, 0.25) is 0 Å². The van der Waals surface area contributed by atoms with Crippen LogP contribution in [0.4, 0.5) is 8.78 Å². The fourth-order valence-corrected chi connectivity index (χ4v) is 6.81. The van der Waals surface area contributed by atoms with Crippen molar-refractivity contribution < 1.29 is 8.78 Å². The zero-order valence-corrected chi connectivity index (χ0v) is 24.2. The van der Waals surface area contributed by atoms with Crippen LogP contribution in [0.1, 0.15) is 26.3 Å². The van der Waals surface area contributed by atoms with E-state index in [0.717, 1.165) is 43.8 Å². The zero-order valence-electron chi connectivity index (χ0n) is 23.2. The molecule has 0 radical (unpaired) electrons. The van der Waals surface area contributed by atoms with Crippen LogP contribution in [-0.2, 0) is 5.41 Å². The predicted molar refractivity (Wildman–Crippen MR) is 163 cm³/mol. The van der Waals surface area contributed by atoms with Gasteiger partial charge in [-0.3, -0.25) is 4.98 Å². The van der Waals surface area contributed by atoms with Crippen LogP contribution in [0.15, 0.2) is 85.1 Å². The molecule has 4 aromatic carbocycles. The Hall–Kier alpha value is -3.83. The molecule has 0 aliphatic carbocycles. The smallest absolute Gasteiger partial charge is 0.131 e. The number of halogens is 2. The van der Waals surface area contributed by atoms with Gasteiger partial charge in [0.1, 0.15) is 11.6 Å². The van der Waals surface area contributed by atoms with E-state index in [-0.39, 0.29) is 5.56 Å². The third kappa shape index (κ3) is 4.25. The van der Waals surface area contributed by atoms with Gasteiger partial charge in [0, 0.05) is 28.1 Å². The van der Waals surface area contributed by atoms with Crippen molar-refractivity contribution >= 4 is 45.8 Å². The van der Waals surface area contributed by atoms with Crippen LogP contribution in [-0.4, -0.2) is 17.6 Å². The SMILES string of the molecule is CC(C)(C)c1c(F)cc(-n2c3ccc([Si](C)(C)C)cc3c3ccnc(-c4ccc5ccccc5c4)c32)cc1F. The monoisotopic (exact) mass is 534 g/mol. The van der Waals surface area contributed by atoms with Gasteiger partial charge in [0.05, 0.1) is 30.5 Å². The molecule has 0 aliphatic heterocycles. The van der Waals surface area contributed by atoms with Crippen LogP contribution in [0, 0.1) is 11.6 Å². The quantitative estimate of drug-likeness (QED) is 0.207. The highest BCUT2D eigenvalue weighted by molar-refractivity contribution is 6.88. The highest BCUT2D eigenvalue weighted by Gasteiger charge is 2.26. The molecule has 0 aliphatic rings. The lowest BCUT2D eigenvalue weighted by Crippen LogP contribution is -2.37. The molecule has 0 saturated carbocycles. The largest absolute Gasteiger partial charge is 0.307 e. The molecule has 6 aromatic rings. The minimum Gasteiger partial charge on any atom is -0.307 e. The maximum atomic E-state index is 15.6. The lowest BCUT2D eigenvalue weighted by molar-refractivity contribution is 0.475. The van der Waals surface area contributed by atoms with Gasteiger partial charge in [-0.2, -0.15) is 0 Å². The van der Waals surface area contributed by atoms with Gasteiger partial charge in [-0.1, -0.05) is 94.1 Å². The van der Waals surface area contributed by atoms with Gasteiger partial charge in [-0.25, -0.2) is 8.78 Å². The molecule has 0 spiro atoms. The van der Waals surface area contributed by atoms with Gasteiger partial charge in [-0.05, 0) is 46.5 Å². The number of fused-ring (bicyclic) bond motifs is 4. The van der Waals surface area contributed by atoms with Gasteiger partial charge in [-0.15, -0.1) is 0 Å². The Morgan fingerprint density at radius 1 is 0.744 bits per heavy atom. The highest BCUT2D eigenvalue weighted by atomic mass is 28.3. The molecule has 6 rings (SSSR count). The number of pyridine rings is 1. The van der Waals surface area contributed by atoms with E-state index in [0.29, 0.717) is 5.69 Å². The minimum absolute atomic E-state index is 0.0981. The van der Waals surface area contributed by atoms with E-state index in [9.17, 15) is 0 Å². The number of nitrogens with zero attached hydrogens (tertiary/aromatic N) is 2. The van der Waals surface area contributed by atoms with Gasteiger partial charge in [0.15, 0.2) is 0 Å². The number of benzene rings is 4. The van der Waals surface area contributed by atoms with Crippen molar-refractivity contribution in [3.05, 3.63) is 102 Å². The summed E-state index contributed by atoms with van der Waals surface area (Å²) in [6, 6.07) is 26.0. The van der Waals surface area contributed by atoms with Crippen molar-refractivity contribution in [3.63, 3.8) is 0 Å². The number of aromatic nitrogens is 2. The summed E-state index contributed by atoms with van der Waals surface area (Å²) in [5.41, 5.74) is 3.39. The average molecular weight is 535 g/mol. The summed E-state index contributed by atoms with van der Waals surface area (Å²) in [7, 11) is -1.61. The van der Waals surface area contributed by atoms with Gasteiger partial charge < -0.3 is 4.57 Å². The fraction of sp³-hybridized carbons (Fsp3) is 0.206. The molecule has 0 fully saturated rings. The Morgan fingerprint density at radius 2 is 1.44 bits per heavy atom. The topological polar surface area (TPSA) is 17.8 Å². The van der Waals surface area contributed by atoms with E-state index in [2.05, 4.69) is 68.2 Å². The number of hydrogen-bond acceptors (Lipinski definition) is 1. The van der Waals surface area contributed by atoms with Crippen molar-refractivity contribution in [2.45, 2.75) is 45.8 Å². The minimum atomic E-state index is -1.61. The first-order chi connectivity index (χ1) is 18.4. The summed E-state index contributed by atoms with van der Waals surface area (Å²) < 4.78 is 33.1. The fourth-order valence-electron chi connectivity index (χ4n) is 5.65. The molecular formula is C34H32F2N2Si. The lowest BCUT2D eigenvalue weighted by atomic mass is 9.86. The van der Waals surface area contributed by atoms with Crippen molar-refractivity contribution in [2.24, 2.45) is 0 Å². The second-order valence-corrected chi connectivity index (χ2v) is 17.5. The Balaban J connectivity index is 1.73. The Labute approximate surface area is 228 Å². The van der Waals surface area contributed by atoms with Crippen LogP contribution in [0.25, 0.3) is 49.5 Å². The Kier molecular flexibility index (Phi) is 5.77. The van der Waals surface area contributed by atoms with Crippen LogP contribution < -0.4 is 5.19 Å². The maximum Gasteiger partial charge on any atom is 0.131 e. The second kappa shape index (κ2) is 8.85. The standard InChI is InChI=1S/C34H32F2N2Si/c1-34(2,3)31-28(35)18-24(19-29(31)36)38-30-14-13-25(39(4,5)6)20-27(30)26-15-16-37-32(33(26)38)23-12-11-21-9-7-8-10-22(21)17-23/h7-20H,1-6H3. The molecule has 2 aromatic heterocycles. The normalized spacial score (nSPS) is 12.6. The molecular weight excluding hydrogens is 502 g/mol. The highest BCUT2D eigenvalue weighted by Crippen LogP contribution is 2.39. The van der Waals surface area contributed by atoms with E-state index in [1.54, 1.807) is 0 Å². The average Bonchev–Trinajstić information content (AvgIpc) is 3.20. The van der Waals surface area contributed by atoms with Gasteiger partial charge in [0.25, 0.3) is 0 Å². The van der Waals surface area contributed by atoms with Crippen LogP contribution >= 0.6 is 0 Å². The molecule has 0 amide bonds. The van der Waals surface area contributed by atoms with E-state index >= 15 is 8.78 Å². The molecule has 0 N–H and O–H groups in total. The molecule has 0 unspecified atom stereocenters.